The third kappa shape index (κ3) is 3.73. The van der Waals surface area contributed by atoms with Gasteiger partial charge in [0.05, 0.1) is 30.9 Å². The highest BCUT2D eigenvalue weighted by atomic mass is 35.5. The lowest BCUT2D eigenvalue weighted by Gasteiger charge is -2.50. The quantitative estimate of drug-likeness (QED) is 0.648. The zero-order chi connectivity index (χ0) is 24.3. The fraction of sp³-hybridized carbons (Fsp3) is 0.577. The molecule has 2 saturated heterocycles. The van der Waals surface area contributed by atoms with Crippen LogP contribution in [0.3, 0.4) is 0 Å². The highest BCUT2D eigenvalue weighted by Crippen LogP contribution is 2.47. The highest BCUT2D eigenvalue weighted by molar-refractivity contribution is 6.37. The van der Waals surface area contributed by atoms with Crippen LogP contribution in [0.25, 0.3) is 5.57 Å². The largest absolute Gasteiger partial charge is 0.379 e. The maximum Gasteiger partial charge on any atom is 0.219 e. The van der Waals surface area contributed by atoms with Crippen molar-refractivity contribution in [3.63, 3.8) is 0 Å². The second kappa shape index (κ2) is 8.52. The van der Waals surface area contributed by atoms with Gasteiger partial charge in [0.1, 0.15) is 0 Å². The number of amides is 1. The van der Waals surface area contributed by atoms with Crippen LogP contribution in [0.1, 0.15) is 56.0 Å². The lowest BCUT2D eigenvalue weighted by atomic mass is 9.73. The summed E-state index contributed by atoms with van der Waals surface area (Å²) in [7, 11) is 1.93. The molecule has 2 aromatic heterocycles. The first-order chi connectivity index (χ1) is 16.8. The molecule has 0 N–H and O–H groups in total. The van der Waals surface area contributed by atoms with Gasteiger partial charge in [0.15, 0.2) is 5.82 Å². The van der Waals surface area contributed by atoms with E-state index < -0.39 is 0 Å². The standard InChI is InChI=1S/C26H33ClN6O2/c1-17(34)31-9-6-24-22(15-31)25(29-33(24)20-7-10-35-16-20)32-8-4-5-19-11-21(18-13-28-30(3)14-18)23(27)12-26(19,32)2/h11-14,19-20H,4-10,15-16H2,1-3H3/t19?,20-,26+/m0/s1. The Morgan fingerprint density at radius 1 is 1.29 bits per heavy atom. The molecule has 0 spiro atoms. The minimum Gasteiger partial charge on any atom is -0.379 e. The van der Waals surface area contributed by atoms with E-state index in [9.17, 15) is 4.79 Å². The summed E-state index contributed by atoms with van der Waals surface area (Å²) in [6.45, 7) is 7.68. The van der Waals surface area contributed by atoms with Crippen LogP contribution in [0.2, 0.25) is 0 Å². The number of allylic oxidation sites excluding steroid dienone is 2. The Balaban J connectivity index is 1.42. The fourth-order valence-electron chi connectivity index (χ4n) is 6.31. The van der Waals surface area contributed by atoms with Crippen molar-refractivity contribution in [2.45, 2.75) is 57.7 Å². The summed E-state index contributed by atoms with van der Waals surface area (Å²) in [5.74, 6) is 1.42. The predicted octanol–water partition coefficient (Wildman–Crippen LogP) is 3.68. The molecule has 0 radical (unpaired) electrons. The number of hydrogen-bond acceptors (Lipinski definition) is 5. The number of halogens is 1. The van der Waals surface area contributed by atoms with E-state index in [1.165, 1.54) is 11.3 Å². The molecule has 5 heterocycles. The van der Waals surface area contributed by atoms with E-state index in [0.717, 1.165) is 67.4 Å². The van der Waals surface area contributed by atoms with Crippen LogP contribution in [0.4, 0.5) is 5.82 Å². The Morgan fingerprint density at radius 3 is 2.86 bits per heavy atom. The Hall–Kier alpha value is -2.58. The SMILES string of the molecule is CC(=O)N1CCc2c(c(N3CCCC4C=C(c5cnn(C)c5)C(Cl)=C[C@]43C)nn2[C@H]2CCOC2)C1. The molecule has 3 aliphatic heterocycles. The first-order valence-electron chi connectivity index (χ1n) is 12.7. The molecule has 2 fully saturated rings. The molecule has 3 atom stereocenters. The molecule has 0 aromatic carbocycles. The van der Waals surface area contributed by atoms with Crippen molar-refractivity contribution in [2.75, 3.05) is 31.2 Å². The topological polar surface area (TPSA) is 68.4 Å². The van der Waals surface area contributed by atoms with E-state index >= 15 is 0 Å². The van der Waals surface area contributed by atoms with E-state index in [1.54, 1.807) is 6.92 Å². The monoisotopic (exact) mass is 496 g/mol. The molecule has 2 aromatic rings. The van der Waals surface area contributed by atoms with Crippen molar-refractivity contribution in [3.05, 3.63) is 46.4 Å². The van der Waals surface area contributed by atoms with Crippen molar-refractivity contribution >= 4 is 28.9 Å². The van der Waals surface area contributed by atoms with Gasteiger partial charge in [-0.05, 0) is 37.8 Å². The number of carbonyl (C=O) groups excluding carboxylic acids is 1. The Bertz CT molecular complexity index is 1220. The number of carbonyl (C=O) groups is 1. The molecule has 35 heavy (non-hydrogen) atoms. The molecule has 1 aliphatic carbocycles. The van der Waals surface area contributed by atoms with E-state index in [1.807, 2.05) is 29.0 Å². The average molecular weight is 497 g/mol. The summed E-state index contributed by atoms with van der Waals surface area (Å²) in [5, 5.41) is 10.4. The maximum absolute atomic E-state index is 12.3. The van der Waals surface area contributed by atoms with E-state index in [-0.39, 0.29) is 17.5 Å². The normalized spacial score (nSPS) is 28.5. The first kappa shape index (κ1) is 22.9. The van der Waals surface area contributed by atoms with Crippen molar-refractivity contribution in [1.82, 2.24) is 24.5 Å². The van der Waals surface area contributed by atoms with Gasteiger partial charge < -0.3 is 14.5 Å². The van der Waals surface area contributed by atoms with Crippen LogP contribution >= 0.6 is 11.6 Å². The number of fused-ring (bicyclic) bond motifs is 2. The highest BCUT2D eigenvalue weighted by Gasteiger charge is 2.45. The Labute approximate surface area is 211 Å². The summed E-state index contributed by atoms with van der Waals surface area (Å²) in [6.07, 6.45) is 12.4. The maximum atomic E-state index is 12.3. The average Bonchev–Trinajstić information content (AvgIpc) is 3.57. The van der Waals surface area contributed by atoms with Crippen molar-refractivity contribution in [2.24, 2.45) is 13.0 Å². The number of aryl methyl sites for hydroxylation is 1. The van der Waals surface area contributed by atoms with E-state index in [4.69, 9.17) is 21.4 Å². The molecular weight excluding hydrogens is 464 g/mol. The molecule has 6 rings (SSSR count). The molecule has 9 heteroatoms. The van der Waals surface area contributed by atoms with Gasteiger partial charge in [0.25, 0.3) is 0 Å². The molecule has 0 saturated carbocycles. The van der Waals surface area contributed by atoms with Gasteiger partial charge in [-0.25, -0.2) is 0 Å². The number of rotatable bonds is 3. The molecule has 1 unspecified atom stereocenters. The van der Waals surface area contributed by atoms with Gasteiger partial charge in [0, 0.05) is 74.1 Å². The smallest absolute Gasteiger partial charge is 0.219 e. The summed E-state index contributed by atoms with van der Waals surface area (Å²) >= 11 is 6.94. The molecule has 4 aliphatic rings. The lowest BCUT2D eigenvalue weighted by Crippen LogP contribution is -2.55. The summed E-state index contributed by atoms with van der Waals surface area (Å²) < 4.78 is 9.74. The molecule has 0 bridgehead atoms. The number of piperidine rings is 1. The number of hydrogen-bond donors (Lipinski definition) is 0. The minimum atomic E-state index is -0.293. The van der Waals surface area contributed by atoms with Gasteiger partial charge >= 0.3 is 0 Å². The van der Waals surface area contributed by atoms with Gasteiger partial charge in [-0.3, -0.25) is 14.2 Å². The van der Waals surface area contributed by atoms with Crippen LogP contribution in [-0.2, 0) is 29.5 Å². The lowest BCUT2D eigenvalue weighted by molar-refractivity contribution is -0.129. The molecule has 186 valence electrons. The molecule has 8 nitrogen and oxygen atoms in total. The van der Waals surface area contributed by atoms with Crippen LogP contribution in [0.5, 0.6) is 0 Å². The van der Waals surface area contributed by atoms with Gasteiger partial charge in [0.2, 0.25) is 5.91 Å². The second-order valence-corrected chi connectivity index (χ2v) is 10.9. The molecule has 1 amide bonds. The van der Waals surface area contributed by atoms with Crippen LogP contribution in [0.15, 0.2) is 29.6 Å². The zero-order valence-electron chi connectivity index (χ0n) is 20.7. The van der Waals surface area contributed by atoms with Gasteiger partial charge in [-0.15, -0.1) is 0 Å². The van der Waals surface area contributed by atoms with Gasteiger partial charge in [-0.2, -0.15) is 10.2 Å². The number of nitrogens with zero attached hydrogens (tertiary/aromatic N) is 6. The molecular formula is C26H33ClN6O2. The summed E-state index contributed by atoms with van der Waals surface area (Å²) in [5.41, 5.74) is 4.26. The third-order valence-electron chi connectivity index (χ3n) is 8.31. The van der Waals surface area contributed by atoms with Crippen LogP contribution < -0.4 is 4.90 Å². The van der Waals surface area contributed by atoms with Crippen LogP contribution in [0, 0.1) is 5.92 Å². The Morgan fingerprint density at radius 2 is 2.14 bits per heavy atom. The first-order valence-corrected chi connectivity index (χ1v) is 13.0. The fourth-order valence-corrected chi connectivity index (χ4v) is 6.71. The number of ether oxygens (including phenoxy) is 1. The van der Waals surface area contributed by atoms with Crippen molar-refractivity contribution in [3.8, 4) is 0 Å². The number of aromatic nitrogens is 4. The Kier molecular flexibility index (Phi) is 5.56. The zero-order valence-corrected chi connectivity index (χ0v) is 21.5. The second-order valence-electron chi connectivity index (χ2n) is 10.5. The summed E-state index contributed by atoms with van der Waals surface area (Å²) in [4.78, 5) is 16.7. The predicted molar refractivity (Wildman–Crippen MR) is 135 cm³/mol. The van der Waals surface area contributed by atoms with Gasteiger partial charge in [-0.1, -0.05) is 17.7 Å². The number of anilines is 1. The van der Waals surface area contributed by atoms with E-state index in [0.29, 0.717) is 19.1 Å². The van der Waals surface area contributed by atoms with E-state index in [2.05, 4.69) is 33.8 Å². The van der Waals surface area contributed by atoms with Crippen molar-refractivity contribution < 1.29 is 9.53 Å². The minimum absolute atomic E-state index is 0.117. The van der Waals surface area contributed by atoms with Crippen LogP contribution in [-0.4, -0.2) is 62.2 Å². The summed E-state index contributed by atoms with van der Waals surface area (Å²) in [6, 6.07) is 0.261. The third-order valence-corrected chi connectivity index (χ3v) is 8.62. The van der Waals surface area contributed by atoms with Crippen molar-refractivity contribution in [1.29, 1.82) is 0 Å².